The highest BCUT2D eigenvalue weighted by Gasteiger charge is 2.22. The summed E-state index contributed by atoms with van der Waals surface area (Å²) in [6.07, 6.45) is 0. The lowest BCUT2D eigenvalue weighted by Crippen LogP contribution is -2.11. The molecular weight excluding hydrogens is 536 g/mol. The maximum Gasteiger partial charge on any atom is 0.343 e. The summed E-state index contributed by atoms with van der Waals surface area (Å²) < 4.78 is 18.3. The summed E-state index contributed by atoms with van der Waals surface area (Å²) >= 11 is 0. The Balaban J connectivity index is 1.30. The van der Waals surface area contributed by atoms with Gasteiger partial charge in [0, 0.05) is 16.8 Å². The predicted molar refractivity (Wildman–Crippen MR) is 168 cm³/mol. The fourth-order valence-electron chi connectivity index (χ4n) is 5.12. The molecule has 0 bridgehead atoms. The second-order valence-electron chi connectivity index (χ2n) is 10.1. The highest BCUT2D eigenvalue weighted by Crippen LogP contribution is 2.44. The largest absolute Gasteiger partial charge is 0.453 e. The lowest BCUT2D eigenvalue weighted by molar-refractivity contribution is 0.0720. The van der Waals surface area contributed by atoms with E-state index >= 15 is 0 Å². The van der Waals surface area contributed by atoms with Crippen LogP contribution in [0.15, 0.2) is 146 Å². The van der Waals surface area contributed by atoms with Gasteiger partial charge < -0.3 is 14.2 Å². The molecule has 0 heterocycles. The minimum absolute atomic E-state index is 0.225. The number of carbonyl (C=O) groups excluding carboxylic acids is 2. The van der Waals surface area contributed by atoms with Gasteiger partial charge in [-0.1, -0.05) is 103 Å². The molecule has 0 unspecified atom stereocenters. The van der Waals surface area contributed by atoms with Gasteiger partial charge in [-0.2, -0.15) is 0 Å². The third-order valence-electron chi connectivity index (χ3n) is 7.26. The van der Waals surface area contributed by atoms with E-state index in [0.29, 0.717) is 27.6 Å². The SMILES string of the molecule is O=C(Oc1cc(Oc2ccccc2)c(OC(=O)c2ccc3ccccc3c2)c2ccccc12)c1ccc2ccccc2c1. The second kappa shape index (κ2) is 11.1. The smallest absolute Gasteiger partial charge is 0.343 e. The van der Waals surface area contributed by atoms with Crippen molar-refractivity contribution >= 4 is 44.3 Å². The van der Waals surface area contributed by atoms with Crippen molar-refractivity contribution in [3.63, 3.8) is 0 Å². The summed E-state index contributed by atoms with van der Waals surface area (Å²) in [5, 5.41) is 5.07. The van der Waals surface area contributed by atoms with Crippen molar-refractivity contribution in [1.82, 2.24) is 0 Å². The molecule has 0 fully saturated rings. The van der Waals surface area contributed by atoms with Crippen LogP contribution in [0.2, 0.25) is 0 Å². The van der Waals surface area contributed by atoms with Crippen LogP contribution < -0.4 is 14.2 Å². The van der Waals surface area contributed by atoms with Gasteiger partial charge >= 0.3 is 11.9 Å². The first-order valence-electron chi connectivity index (χ1n) is 13.8. The van der Waals surface area contributed by atoms with Crippen LogP contribution in [-0.4, -0.2) is 11.9 Å². The van der Waals surface area contributed by atoms with Crippen LogP contribution in [0.1, 0.15) is 20.7 Å². The molecule has 0 radical (unpaired) electrons. The van der Waals surface area contributed by atoms with Gasteiger partial charge in [-0.05, 0) is 57.9 Å². The van der Waals surface area contributed by atoms with E-state index in [-0.39, 0.29) is 17.2 Å². The topological polar surface area (TPSA) is 61.8 Å². The lowest BCUT2D eigenvalue weighted by Gasteiger charge is -2.17. The molecule has 0 aliphatic heterocycles. The van der Waals surface area contributed by atoms with Crippen molar-refractivity contribution in [2.24, 2.45) is 0 Å². The van der Waals surface area contributed by atoms with Gasteiger partial charge in [0.05, 0.1) is 11.1 Å². The third-order valence-corrected chi connectivity index (χ3v) is 7.26. The molecule has 5 heteroatoms. The van der Waals surface area contributed by atoms with Gasteiger partial charge in [-0.15, -0.1) is 0 Å². The molecule has 7 aromatic rings. The Morgan fingerprint density at radius 1 is 0.419 bits per heavy atom. The van der Waals surface area contributed by atoms with Crippen LogP contribution in [0.3, 0.4) is 0 Å². The molecule has 7 aromatic carbocycles. The number of hydrogen-bond donors (Lipinski definition) is 0. The molecule has 43 heavy (non-hydrogen) atoms. The predicted octanol–water partition coefficient (Wildman–Crippen LogP) is 9.38. The van der Waals surface area contributed by atoms with Crippen LogP contribution in [0.25, 0.3) is 32.3 Å². The Hall–Kier alpha value is -5.94. The zero-order valence-electron chi connectivity index (χ0n) is 22.9. The Morgan fingerprint density at radius 2 is 0.930 bits per heavy atom. The number of rotatable bonds is 6. The molecule has 0 saturated carbocycles. The highest BCUT2D eigenvalue weighted by molar-refractivity contribution is 6.03. The Kier molecular flexibility index (Phi) is 6.74. The van der Waals surface area contributed by atoms with Crippen molar-refractivity contribution in [3.8, 4) is 23.0 Å². The first-order chi connectivity index (χ1) is 21.1. The average molecular weight is 561 g/mol. The first-order valence-corrected chi connectivity index (χ1v) is 13.8. The van der Waals surface area contributed by atoms with E-state index in [1.807, 2.05) is 103 Å². The number of benzene rings is 7. The maximum absolute atomic E-state index is 13.5. The quantitative estimate of drug-likeness (QED) is 0.150. The number of esters is 2. The molecular formula is C38H24O5. The molecule has 0 aromatic heterocycles. The minimum atomic E-state index is -0.533. The number of fused-ring (bicyclic) bond motifs is 3. The van der Waals surface area contributed by atoms with Gasteiger partial charge in [0.2, 0.25) is 0 Å². The van der Waals surface area contributed by atoms with E-state index in [1.165, 1.54) is 0 Å². The highest BCUT2D eigenvalue weighted by atomic mass is 16.6. The minimum Gasteiger partial charge on any atom is -0.453 e. The Labute approximate surface area is 247 Å². The van der Waals surface area contributed by atoms with Gasteiger partial charge in [0.15, 0.2) is 11.5 Å². The van der Waals surface area contributed by atoms with Gasteiger partial charge in [0.25, 0.3) is 0 Å². The van der Waals surface area contributed by atoms with E-state index in [9.17, 15) is 9.59 Å². The van der Waals surface area contributed by atoms with E-state index in [1.54, 1.807) is 42.5 Å². The van der Waals surface area contributed by atoms with Crippen molar-refractivity contribution in [2.75, 3.05) is 0 Å². The fraction of sp³-hybridized carbons (Fsp3) is 0. The summed E-state index contributed by atoms with van der Waals surface area (Å²) in [4.78, 5) is 26.9. The summed E-state index contributed by atoms with van der Waals surface area (Å²) in [6.45, 7) is 0. The van der Waals surface area contributed by atoms with Crippen molar-refractivity contribution in [2.45, 2.75) is 0 Å². The number of carbonyl (C=O) groups is 2. The average Bonchev–Trinajstić information content (AvgIpc) is 3.06. The van der Waals surface area contributed by atoms with Crippen LogP contribution in [0.5, 0.6) is 23.0 Å². The zero-order valence-corrected chi connectivity index (χ0v) is 22.9. The molecule has 5 nitrogen and oxygen atoms in total. The number of hydrogen-bond acceptors (Lipinski definition) is 5. The molecule has 0 spiro atoms. The zero-order chi connectivity index (χ0) is 29.2. The molecule has 0 N–H and O–H groups in total. The fourth-order valence-corrected chi connectivity index (χ4v) is 5.12. The van der Waals surface area contributed by atoms with Crippen LogP contribution in [-0.2, 0) is 0 Å². The monoisotopic (exact) mass is 560 g/mol. The van der Waals surface area contributed by atoms with Crippen LogP contribution >= 0.6 is 0 Å². The van der Waals surface area contributed by atoms with E-state index in [0.717, 1.165) is 21.5 Å². The summed E-state index contributed by atoms with van der Waals surface area (Å²) in [5.74, 6) is 0.235. The first kappa shape index (κ1) is 26.0. The van der Waals surface area contributed by atoms with E-state index in [2.05, 4.69) is 0 Å². The van der Waals surface area contributed by atoms with Gasteiger partial charge in [-0.3, -0.25) is 0 Å². The molecule has 0 aliphatic rings. The normalized spacial score (nSPS) is 11.0. The summed E-state index contributed by atoms with van der Waals surface area (Å²) in [5.41, 5.74) is 0.820. The number of ether oxygens (including phenoxy) is 3. The Bertz CT molecular complexity index is 2150. The van der Waals surface area contributed by atoms with Crippen molar-refractivity contribution in [1.29, 1.82) is 0 Å². The summed E-state index contributed by atoms with van der Waals surface area (Å²) in [7, 11) is 0. The molecule has 7 rings (SSSR count). The molecule has 0 amide bonds. The van der Waals surface area contributed by atoms with Crippen LogP contribution in [0, 0.1) is 0 Å². The van der Waals surface area contributed by atoms with Crippen molar-refractivity contribution in [3.05, 3.63) is 157 Å². The second-order valence-corrected chi connectivity index (χ2v) is 10.1. The van der Waals surface area contributed by atoms with E-state index < -0.39 is 11.9 Å². The summed E-state index contributed by atoms with van der Waals surface area (Å²) in [6, 6.07) is 44.6. The molecule has 206 valence electrons. The maximum atomic E-state index is 13.5. The van der Waals surface area contributed by atoms with Gasteiger partial charge in [0.1, 0.15) is 11.5 Å². The number of para-hydroxylation sites is 1. The standard InChI is InChI=1S/C38H24O5/c39-37(29-20-18-25-10-4-6-12-27(25)22-29)42-34-24-35(41-31-14-2-1-3-15-31)36(33-17-9-8-16-32(33)34)43-38(40)30-21-19-26-11-5-7-13-28(26)23-30/h1-24H. The lowest BCUT2D eigenvalue weighted by atomic mass is 10.1. The third kappa shape index (κ3) is 5.27. The Morgan fingerprint density at radius 3 is 1.56 bits per heavy atom. The molecule has 0 aliphatic carbocycles. The van der Waals surface area contributed by atoms with Gasteiger partial charge in [-0.25, -0.2) is 9.59 Å². The molecule has 0 atom stereocenters. The van der Waals surface area contributed by atoms with Crippen LogP contribution in [0.4, 0.5) is 0 Å². The molecule has 0 saturated heterocycles. The van der Waals surface area contributed by atoms with Crippen molar-refractivity contribution < 1.29 is 23.8 Å². The van der Waals surface area contributed by atoms with E-state index in [4.69, 9.17) is 14.2 Å².